The Kier molecular flexibility index (Phi) is 6.25. The van der Waals surface area contributed by atoms with E-state index in [9.17, 15) is 4.39 Å². The summed E-state index contributed by atoms with van der Waals surface area (Å²) in [5.41, 5.74) is 5.54. The third-order valence-corrected chi connectivity index (χ3v) is 2.54. The summed E-state index contributed by atoms with van der Waals surface area (Å²) in [5.74, 6) is 0.273. The number of alkyl halides is 1. The van der Waals surface area contributed by atoms with Crippen LogP contribution in [0.15, 0.2) is 0 Å². The van der Waals surface area contributed by atoms with Gasteiger partial charge in [-0.3, -0.25) is 0 Å². The normalized spacial score (nSPS) is 18.7. The van der Waals surface area contributed by atoms with E-state index in [-0.39, 0.29) is 12.0 Å². The average Bonchev–Trinajstić information content (AvgIpc) is 2.05. The molecule has 3 heteroatoms. The van der Waals surface area contributed by atoms with E-state index in [0.717, 1.165) is 6.54 Å². The topological polar surface area (TPSA) is 38.0 Å². The molecule has 80 valence electrons. The van der Waals surface area contributed by atoms with Gasteiger partial charge >= 0.3 is 0 Å². The molecule has 0 bridgehead atoms. The van der Waals surface area contributed by atoms with Crippen LogP contribution in [0.1, 0.15) is 27.7 Å². The molecule has 0 amide bonds. The van der Waals surface area contributed by atoms with Crippen LogP contribution in [0.2, 0.25) is 0 Å². The molecule has 0 radical (unpaired) electrons. The molecule has 3 atom stereocenters. The molecule has 0 aliphatic heterocycles. The Morgan fingerprint density at radius 2 is 1.85 bits per heavy atom. The van der Waals surface area contributed by atoms with Gasteiger partial charge in [0.25, 0.3) is 0 Å². The zero-order valence-electron chi connectivity index (χ0n) is 9.18. The van der Waals surface area contributed by atoms with Gasteiger partial charge in [-0.1, -0.05) is 20.8 Å². The highest BCUT2D eigenvalue weighted by Crippen LogP contribution is 2.19. The van der Waals surface area contributed by atoms with E-state index < -0.39 is 6.17 Å². The monoisotopic (exact) mass is 190 g/mol. The maximum atomic E-state index is 13.8. The van der Waals surface area contributed by atoms with Gasteiger partial charge in [-0.25, -0.2) is 4.39 Å². The quantitative estimate of drug-likeness (QED) is 0.667. The largest absolute Gasteiger partial charge is 0.330 e. The van der Waals surface area contributed by atoms with E-state index in [4.69, 9.17) is 5.73 Å². The predicted molar refractivity (Wildman–Crippen MR) is 55.4 cm³/mol. The Bertz CT molecular complexity index is 128. The Balaban J connectivity index is 4.10. The minimum absolute atomic E-state index is 0.0333. The lowest BCUT2D eigenvalue weighted by atomic mass is 9.88. The standard InChI is InChI=1S/C10H23FN2/c1-5-13-8(4)10(11)9(6-12)7(2)3/h7-10,13H,5-6,12H2,1-4H3. The van der Waals surface area contributed by atoms with Gasteiger partial charge in [0, 0.05) is 12.0 Å². The van der Waals surface area contributed by atoms with Crippen molar-refractivity contribution < 1.29 is 4.39 Å². The minimum atomic E-state index is -0.843. The molecule has 0 aromatic carbocycles. The lowest BCUT2D eigenvalue weighted by Gasteiger charge is -2.27. The van der Waals surface area contributed by atoms with Crippen molar-refractivity contribution in [1.29, 1.82) is 0 Å². The van der Waals surface area contributed by atoms with Crippen molar-refractivity contribution in [1.82, 2.24) is 5.32 Å². The molecule has 3 N–H and O–H groups in total. The van der Waals surface area contributed by atoms with Crippen molar-refractivity contribution in [3.05, 3.63) is 0 Å². The summed E-state index contributed by atoms with van der Waals surface area (Å²) < 4.78 is 13.8. The fourth-order valence-corrected chi connectivity index (χ4v) is 1.58. The van der Waals surface area contributed by atoms with Crippen molar-refractivity contribution in [2.24, 2.45) is 17.6 Å². The highest BCUT2D eigenvalue weighted by molar-refractivity contribution is 4.81. The van der Waals surface area contributed by atoms with Gasteiger partial charge in [0.2, 0.25) is 0 Å². The molecule has 0 rings (SSSR count). The Labute approximate surface area is 81.1 Å². The van der Waals surface area contributed by atoms with Crippen LogP contribution in [0.25, 0.3) is 0 Å². The predicted octanol–water partition coefficient (Wildman–Crippen LogP) is 1.55. The van der Waals surface area contributed by atoms with E-state index in [1.54, 1.807) is 0 Å². The summed E-state index contributed by atoms with van der Waals surface area (Å²) in [5, 5.41) is 3.08. The number of halogens is 1. The third kappa shape index (κ3) is 4.05. The van der Waals surface area contributed by atoms with Crippen LogP contribution in [-0.4, -0.2) is 25.3 Å². The number of rotatable bonds is 6. The average molecular weight is 190 g/mol. The van der Waals surface area contributed by atoms with Gasteiger partial charge in [-0.05, 0) is 25.9 Å². The molecule has 0 spiro atoms. The highest BCUT2D eigenvalue weighted by Gasteiger charge is 2.27. The van der Waals surface area contributed by atoms with Gasteiger partial charge in [0.1, 0.15) is 6.17 Å². The van der Waals surface area contributed by atoms with Crippen LogP contribution in [0.5, 0.6) is 0 Å². The molecule has 0 aliphatic rings. The summed E-state index contributed by atoms with van der Waals surface area (Å²) in [6, 6.07) is -0.0963. The number of nitrogens with one attached hydrogen (secondary N) is 1. The van der Waals surface area contributed by atoms with Gasteiger partial charge in [0.15, 0.2) is 0 Å². The maximum Gasteiger partial charge on any atom is 0.119 e. The van der Waals surface area contributed by atoms with E-state index >= 15 is 0 Å². The number of hydrogen-bond acceptors (Lipinski definition) is 2. The van der Waals surface area contributed by atoms with Crippen molar-refractivity contribution >= 4 is 0 Å². The van der Waals surface area contributed by atoms with Crippen molar-refractivity contribution in [3.63, 3.8) is 0 Å². The molecule has 0 aliphatic carbocycles. The van der Waals surface area contributed by atoms with Crippen LogP contribution in [0, 0.1) is 11.8 Å². The molecule has 0 aromatic heterocycles. The molecule has 0 heterocycles. The second kappa shape index (κ2) is 6.33. The summed E-state index contributed by atoms with van der Waals surface area (Å²) in [7, 11) is 0. The maximum absolute atomic E-state index is 13.8. The summed E-state index contributed by atoms with van der Waals surface area (Å²) in [6.07, 6.45) is -0.843. The molecular formula is C10H23FN2. The first-order valence-corrected chi connectivity index (χ1v) is 5.12. The van der Waals surface area contributed by atoms with Gasteiger partial charge in [0.05, 0.1) is 0 Å². The van der Waals surface area contributed by atoms with E-state index in [1.807, 2.05) is 27.7 Å². The fourth-order valence-electron chi connectivity index (χ4n) is 1.58. The van der Waals surface area contributed by atoms with Gasteiger partial charge in [-0.2, -0.15) is 0 Å². The zero-order chi connectivity index (χ0) is 10.4. The zero-order valence-corrected chi connectivity index (χ0v) is 9.18. The molecular weight excluding hydrogens is 167 g/mol. The molecule has 0 fully saturated rings. The van der Waals surface area contributed by atoms with E-state index in [2.05, 4.69) is 5.32 Å². The van der Waals surface area contributed by atoms with Crippen molar-refractivity contribution in [2.45, 2.75) is 39.9 Å². The first kappa shape index (κ1) is 12.8. The van der Waals surface area contributed by atoms with Crippen LogP contribution in [0.4, 0.5) is 4.39 Å². The smallest absolute Gasteiger partial charge is 0.119 e. The molecule has 2 nitrogen and oxygen atoms in total. The highest BCUT2D eigenvalue weighted by atomic mass is 19.1. The second-order valence-corrected chi connectivity index (χ2v) is 3.93. The first-order valence-electron chi connectivity index (χ1n) is 5.12. The summed E-state index contributed by atoms with van der Waals surface area (Å²) >= 11 is 0. The van der Waals surface area contributed by atoms with Crippen LogP contribution in [0.3, 0.4) is 0 Å². The Morgan fingerprint density at radius 1 is 1.31 bits per heavy atom. The van der Waals surface area contributed by atoms with Crippen LogP contribution < -0.4 is 11.1 Å². The fraction of sp³-hybridized carbons (Fsp3) is 1.00. The van der Waals surface area contributed by atoms with Crippen LogP contribution in [-0.2, 0) is 0 Å². The molecule has 0 saturated heterocycles. The molecule has 0 saturated carbocycles. The Hall–Kier alpha value is -0.150. The first-order chi connectivity index (χ1) is 6.04. The van der Waals surface area contributed by atoms with E-state index in [0.29, 0.717) is 12.5 Å². The Morgan fingerprint density at radius 3 is 2.15 bits per heavy atom. The lowest BCUT2D eigenvalue weighted by Crippen LogP contribution is -2.43. The summed E-state index contributed by atoms with van der Waals surface area (Å²) in [6.45, 7) is 9.12. The molecule has 3 unspecified atom stereocenters. The van der Waals surface area contributed by atoms with Crippen LogP contribution >= 0.6 is 0 Å². The molecule has 13 heavy (non-hydrogen) atoms. The number of hydrogen-bond donors (Lipinski definition) is 2. The SMILES string of the molecule is CCNC(C)C(F)C(CN)C(C)C. The minimum Gasteiger partial charge on any atom is -0.330 e. The van der Waals surface area contributed by atoms with Gasteiger partial charge in [-0.15, -0.1) is 0 Å². The van der Waals surface area contributed by atoms with Crippen molar-refractivity contribution in [3.8, 4) is 0 Å². The second-order valence-electron chi connectivity index (χ2n) is 3.93. The summed E-state index contributed by atoms with van der Waals surface area (Å²) in [4.78, 5) is 0. The lowest BCUT2D eigenvalue weighted by molar-refractivity contribution is 0.147. The van der Waals surface area contributed by atoms with Crippen molar-refractivity contribution in [2.75, 3.05) is 13.1 Å². The molecule has 0 aromatic rings. The number of nitrogens with two attached hydrogens (primary N) is 1. The van der Waals surface area contributed by atoms with Gasteiger partial charge < -0.3 is 11.1 Å². The third-order valence-electron chi connectivity index (χ3n) is 2.54. The van der Waals surface area contributed by atoms with E-state index in [1.165, 1.54) is 0 Å².